The quantitative estimate of drug-likeness (QED) is 0.343. The molecule has 0 saturated heterocycles. The second-order valence-electron chi connectivity index (χ2n) is 8.15. The first-order valence-electron chi connectivity index (χ1n) is 10.3. The van der Waals surface area contributed by atoms with Crippen molar-refractivity contribution in [3.05, 3.63) is 11.6 Å². The molecule has 2 aliphatic carbocycles. The summed E-state index contributed by atoms with van der Waals surface area (Å²) in [4.78, 5) is 0. The molecule has 0 radical (unpaired) electrons. The first-order valence-corrected chi connectivity index (χ1v) is 10.3. The van der Waals surface area contributed by atoms with Crippen molar-refractivity contribution in [2.45, 2.75) is 104 Å². The maximum absolute atomic E-state index is 9.91. The van der Waals surface area contributed by atoms with Crippen molar-refractivity contribution in [1.29, 1.82) is 5.26 Å². The fourth-order valence-electron chi connectivity index (χ4n) is 4.72. The number of allylic oxidation sites excluding steroid dienone is 2. The third-order valence-electron chi connectivity index (χ3n) is 6.49. The lowest BCUT2D eigenvalue weighted by molar-refractivity contribution is 0.221. The Bertz CT molecular complexity index is 406. The Morgan fingerprint density at radius 3 is 2.26 bits per heavy atom. The minimum absolute atomic E-state index is 0.0863. The van der Waals surface area contributed by atoms with Crippen LogP contribution >= 0.6 is 0 Å². The fourth-order valence-corrected chi connectivity index (χ4v) is 4.72. The largest absolute Gasteiger partial charge is 0.197 e. The Labute approximate surface area is 144 Å². The van der Waals surface area contributed by atoms with E-state index in [0.29, 0.717) is 0 Å². The van der Waals surface area contributed by atoms with E-state index in [1.807, 2.05) is 0 Å². The summed E-state index contributed by atoms with van der Waals surface area (Å²) in [6.45, 7) is 4.57. The van der Waals surface area contributed by atoms with Gasteiger partial charge in [0.2, 0.25) is 0 Å². The zero-order valence-corrected chi connectivity index (χ0v) is 15.6. The molecule has 2 rings (SSSR count). The highest BCUT2D eigenvalue weighted by atomic mass is 14.4. The molecule has 0 aromatic carbocycles. The molecule has 0 aliphatic heterocycles. The van der Waals surface area contributed by atoms with Crippen LogP contribution in [0.3, 0.4) is 0 Å². The Morgan fingerprint density at radius 1 is 1.00 bits per heavy atom. The first-order chi connectivity index (χ1) is 11.2. The first kappa shape index (κ1) is 18.6. The van der Waals surface area contributed by atoms with Crippen LogP contribution in [-0.4, -0.2) is 0 Å². The summed E-state index contributed by atoms with van der Waals surface area (Å²) >= 11 is 0. The Balaban J connectivity index is 1.86. The normalized spacial score (nSPS) is 31.4. The van der Waals surface area contributed by atoms with Gasteiger partial charge in [-0.05, 0) is 56.8 Å². The van der Waals surface area contributed by atoms with Gasteiger partial charge >= 0.3 is 0 Å². The summed E-state index contributed by atoms with van der Waals surface area (Å²) in [5.41, 5.74) is 1.43. The molecule has 1 nitrogen and oxygen atoms in total. The number of unbranched alkanes of at least 4 members (excludes halogenated alkanes) is 3. The monoisotopic (exact) mass is 315 g/mol. The third kappa shape index (κ3) is 5.10. The average Bonchev–Trinajstić information content (AvgIpc) is 2.61. The summed E-state index contributed by atoms with van der Waals surface area (Å²) in [5.74, 6) is 1.78. The number of hydrogen-bond acceptors (Lipinski definition) is 1. The number of rotatable bonds is 8. The van der Waals surface area contributed by atoms with Crippen LogP contribution in [0, 0.1) is 28.6 Å². The highest BCUT2D eigenvalue weighted by Gasteiger charge is 2.39. The van der Waals surface area contributed by atoms with Crippen LogP contribution in [0.5, 0.6) is 0 Å². The Morgan fingerprint density at radius 2 is 1.70 bits per heavy atom. The molecule has 0 aromatic rings. The highest BCUT2D eigenvalue weighted by Crippen LogP contribution is 2.48. The van der Waals surface area contributed by atoms with E-state index in [9.17, 15) is 5.26 Å². The van der Waals surface area contributed by atoms with Gasteiger partial charge in [-0.25, -0.2) is 0 Å². The summed E-state index contributed by atoms with van der Waals surface area (Å²) in [5, 5.41) is 9.91. The molecule has 1 saturated carbocycles. The van der Waals surface area contributed by atoms with E-state index in [2.05, 4.69) is 26.0 Å². The molecule has 1 heteroatoms. The van der Waals surface area contributed by atoms with Crippen molar-refractivity contribution in [1.82, 2.24) is 0 Å². The van der Waals surface area contributed by atoms with E-state index in [-0.39, 0.29) is 5.41 Å². The van der Waals surface area contributed by atoms with Crippen molar-refractivity contribution in [2.24, 2.45) is 17.3 Å². The summed E-state index contributed by atoms with van der Waals surface area (Å²) in [7, 11) is 0. The van der Waals surface area contributed by atoms with Gasteiger partial charge in [-0.3, -0.25) is 0 Å². The van der Waals surface area contributed by atoms with Crippen molar-refractivity contribution >= 4 is 0 Å². The van der Waals surface area contributed by atoms with Gasteiger partial charge < -0.3 is 0 Å². The lowest BCUT2D eigenvalue weighted by Crippen LogP contribution is -2.29. The van der Waals surface area contributed by atoms with E-state index in [0.717, 1.165) is 24.7 Å². The molecule has 1 atom stereocenters. The van der Waals surface area contributed by atoms with Crippen LogP contribution in [-0.2, 0) is 0 Å². The SMILES string of the molecule is CCCCCC1CCC(C#N)(C2=CCC(CCCC)CC2)CC1. The molecule has 0 aromatic heterocycles. The Kier molecular flexibility index (Phi) is 7.68. The average molecular weight is 316 g/mol. The highest BCUT2D eigenvalue weighted by molar-refractivity contribution is 5.26. The van der Waals surface area contributed by atoms with E-state index in [1.54, 1.807) is 0 Å². The third-order valence-corrected chi connectivity index (χ3v) is 6.49. The molecule has 130 valence electrons. The van der Waals surface area contributed by atoms with E-state index < -0.39 is 0 Å². The lowest BCUT2D eigenvalue weighted by Gasteiger charge is -2.39. The van der Waals surface area contributed by atoms with Gasteiger partial charge in [0, 0.05) is 0 Å². The second-order valence-corrected chi connectivity index (χ2v) is 8.15. The number of nitriles is 1. The molecule has 2 aliphatic rings. The van der Waals surface area contributed by atoms with Crippen molar-refractivity contribution < 1.29 is 0 Å². The lowest BCUT2D eigenvalue weighted by atomic mass is 9.64. The van der Waals surface area contributed by atoms with E-state index in [4.69, 9.17) is 0 Å². The van der Waals surface area contributed by atoms with Crippen LogP contribution in [0.15, 0.2) is 11.6 Å². The standard InChI is InChI=1S/C22H37N/c1-3-5-7-9-20-14-16-22(18-23,17-15-20)21-12-10-19(11-13-21)8-6-4-2/h12,19-20H,3-11,13-17H2,1-2H3. The summed E-state index contributed by atoms with van der Waals surface area (Å²) < 4.78 is 0. The summed E-state index contributed by atoms with van der Waals surface area (Å²) in [6, 6.07) is 2.76. The van der Waals surface area contributed by atoms with E-state index >= 15 is 0 Å². The van der Waals surface area contributed by atoms with Crippen molar-refractivity contribution in [3.8, 4) is 6.07 Å². The van der Waals surface area contributed by atoms with Gasteiger partial charge in [0.25, 0.3) is 0 Å². The molecule has 1 fully saturated rings. The molecule has 0 bridgehead atoms. The molecular formula is C22H37N. The van der Waals surface area contributed by atoms with Crippen molar-refractivity contribution in [3.63, 3.8) is 0 Å². The minimum Gasteiger partial charge on any atom is -0.197 e. The molecule has 23 heavy (non-hydrogen) atoms. The van der Waals surface area contributed by atoms with Gasteiger partial charge in [-0.15, -0.1) is 0 Å². The predicted molar refractivity (Wildman–Crippen MR) is 99.1 cm³/mol. The van der Waals surface area contributed by atoms with E-state index in [1.165, 1.54) is 82.6 Å². The molecular weight excluding hydrogens is 278 g/mol. The fraction of sp³-hybridized carbons (Fsp3) is 0.864. The van der Waals surface area contributed by atoms with Crippen LogP contribution in [0.4, 0.5) is 0 Å². The van der Waals surface area contributed by atoms with Gasteiger partial charge in [-0.1, -0.05) is 70.4 Å². The molecule has 0 heterocycles. The predicted octanol–water partition coefficient (Wildman–Crippen LogP) is 7.18. The van der Waals surface area contributed by atoms with Crippen LogP contribution in [0.2, 0.25) is 0 Å². The smallest absolute Gasteiger partial charge is 0.0782 e. The summed E-state index contributed by atoms with van der Waals surface area (Å²) in [6.07, 6.45) is 20.6. The van der Waals surface area contributed by atoms with Crippen LogP contribution in [0.25, 0.3) is 0 Å². The maximum atomic E-state index is 9.91. The van der Waals surface area contributed by atoms with Gasteiger partial charge in [-0.2, -0.15) is 5.26 Å². The maximum Gasteiger partial charge on any atom is 0.0782 e. The Hall–Kier alpha value is -0.770. The van der Waals surface area contributed by atoms with Crippen LogP contribution < -0.4 is 0 Å². The zero-order chi connectivity index (χ0) is 16.5. The number of nitrogens with zero attached hydrogens (tertiary/aromatic N) is 1. The van der Waals surface area contributed by atoms with Crippen LogP contribution in [0.1, 0.15) is 104 Å². The molecule has 0 N–H and O–H groups in total. The minimum atomic E-state index is -0.0863. The molecule has 0 amide bonds. The van der Waals surface area contributed by atoms with Gasteiger partial charge in [0.1, 0.15) is 0 Å². The molecule has 1 unspecified atom stereocenters. The number of hydrogen-bond donors (Lipinski definition) is 0. The van der Waals surface area contributed by atoms with Gasteiger partial charge in [0.05, 0.1) is 11.5 Å². The second kappa shape index (κ2) is 9.51. The van der Waals surface area contributed by atoms with Crippen molar-refractivity contribution in [2.75, 3.05) is 0 Å². The zero-order valence-electron chi connectivity index (χ0n) is 15.6. The van der Waals surface area contributed by atoms with Gasteiger partial charge in [0.15, 0.2) is 0 Å². The topological polar surface area (TPSA) is 23.8 Å². The molecule has 0 spiro atoms.